The average Bonchev–Trinajstić information content (AvgIpc) is 3.13. The van der Waals surface area contributed by atoms with Crippen molar-refractivity contribution in [2.75, 3.05) is 11.4 Å². The molecule has 1 aromatic heterocycles. The van der Waals surface area contributed by atoms with E-state index in [0.717, 1.165) is 25.2 Å². The molecule has 1 N–H and O–H groups in total. The summed E-state index contributed by atoms with van der Waals surface area (Å²) < 4.78 is 0. The van der Waals surface area contributed by atoms with Gasteiger partial charge in [0.15, 0.2) is 0 Å². The molecule has 19 heavy (non-hydrogen) atoms. The van der Waals surface area contributed by atoms with E-state index in [2.05, 4.69) is 28.2 Å². The normalized spacial score (nSPS) is 19.8. The van der Waals surface area contributed by atoms with E-state index in [1.807, 2.05) is 12.4 Å². The number of nitrogens with one attached hydrogen (secondary N) is 1. The Bertz CT molecular complexity index is 408. The topological polar surface area (TPSA) is 28.2 Å². The summed E-state index contributed by atoms with van der Waals surface area (Å²) in [7, 11) is 0. The first-order valence-electron chi connectivity index (χ1n) is 7.81. The second-order valence-corrected chi connectivity index (χ2v) is 5.88. The van der Waals surface area contributed by atoms with Crippen molar-refractivity contribution in [2.45, 2.75) is 64.1 Å². The van der Waals surface area contributed by atoms with E-state index >= 15 is 0 Å². The Hall–Kier alpha value is -1.09. The molecule has 1 heterocycles. The van der Waals surface area contributed by atoms with Crippen molar-refractivity contribution in [3.05, 3.63) is 24.0 Å². The summed E-state index contributed by atoms with van der Waals surface area (Å²) in [6.07, 6.45) is 12.2. The van der Waals surface area contributed by atoms with Crippen molar-refractivity contribution in [1.82, 2.24) is 10.3 Å². The summed E-state index contributed by atoms with van der Waals surface area (Å²) >= 11 is 0. The number of anilines is 1. The first-order valence-corrected chi connectivity index (χ1v) is 7.81. The van der Waals surface area contributed by atoms with E-state index in [-0.39, 0.29) is 0 Å². The van der Waals surface area contributed by atoms with Gasteiger partial charge in [-0.1, -0.05) is 12.8 Å². The van der Waals surface area contributed by atoms with E-state index in [0.29, 0.717) is 0 Å². The molecule has 0 radical (unpaired) electrons. The lowest BCUT2D eigenvalue weighted by Crippen LogP contribution is -2.34. The van der Waals surface area contributed by atoms with Crippen molar-refractivity contribution < 1.29 is 0 Å². The van der Waals surface area contributed by atoms with Gasteiger partial charge in [-0.3, -0.25) is 4.98 Å². The average molecular weight is 259 g/mol. The highest BCUT2D eigenvalue weighted by Gasteiger charge is 2.24. The second kappa shape index (κ2) is 5.91. The van der Waals surface area contributed by atoms with Gasteiger partial charge in [-0.2, -0.15) is 0 Å². The van der Waals surface area contributed by atoms with Gasteiger partial charge in [0.2, 0.25) is 0 Å². The molecule has 2 saturated carbocycles. The molecule has 2 aliphatic rings. The van der Waals surface area contributed by atoms with Crippen molar-refractivity contribution >= 4 is 5.69 Å². The lowest BCUT2D eigenvalue weighted by Gasteiger charge is -2.31. The maximum Gasteiger partial charge on any atom is 0.0445 e. The van der Waals surface area contributed by atoms with Crippen LogP contribution in [0, 0.1) is 0 Å². The van der Waals surface area contributed by atoms with Gasteiger partial charge in [0, 0.05) is 48.8 Å². The summed E-state index contributed by atoms with van der Waals surface area (Å²) in [6, 6.07) is 3.70. The Labute approximate surface area is 116 Å². The molecule has 0 amide bonds. The highest BCUT2D eigenvalue weighted by Crippen LogP contribution is 2.30. The van der Waals surface area contributed by atoms with E-state index in [1.165, 1.54) is 49.8 Å². The number of hydrogen-bond acceptors (Lipinski definition) is 3. The number of rotatable bonds is 6. The molecular weight excluding hydrogens is 234 g/mol. The molecule has 3 heteroatoms. The third-order valence-corrected chi connectivity index (χ3v) is 4.45. The van der Waals surface area contributed by atoms with Crippen molar-refractivity contribution in [1.29, 1.82) is 0 Å². The van der Waals surface area contributed by atoms with Gasteiger partial charge in [-0.15, -0.1) is 0 Å². The summed E-state index contributed by atoms with van der Waals surface area (Å²) in [5.74, 6) is 0. The Kier molecular flexibility index (Phi) is 4.02. The number of hydrogen-bond donors (Lipinski definition) is 1. The number of nitrogens with zero attached hydrogens (tertiary/aromatic N) is 2. The fraction of sp³-hybridized carbons (Fsp3) is 0.688. The molecule has 2 aliphatic carbocycles. The molecule has 0 saturated heterocycles. The predicted octanol–water partition coefficient (Wildman–Crippen LogP) is 3.10. The SMILES string of the molecule is CCN(c1ccncc1CNC1CC1)C1CCCC1. The third-order valence-electron chi connectivity index (χ3n) is 4.45. The van der Waals surface area contributed by atoms with Crippen LogP contribution in [0.3, 0.4) is 0 Å². The van der Waals surface area contributed by atoms with E-state index in [9.17, 15) is 0 Å². The highest BCUT2D eigenvalue weighted by atomic mass is 15.2. The molecule has 0 aromatic carbocycles. The van der Waals surface area contributed by atoms with Gasteiger partial charge in [0.1, 0.15) is 0 Å². The highest BCUT2D eigenvalue weighted by molar-refractivity contribution is 5.53. The van der Waals surface area contributed by atoms with Crippen LogP contribution in [-0.4, -0.2) is 23.6 Å². The molecule has 0 spiro atoms. The Morgan fingerprint density at radius 3 is 2.74 bits per heavy atom. The van der Waals surface area contributed by atoms with E-state index in [4.69, 9.17) is 0 Å². The van der Waals surface area contributed by atoms with Crippen molar-refractivity contribution in [3.8, 4) is 0 Å². The van der Waals surface area contributed by atoms with Crippen molar-refractivity contribution in [2.24, 2.45) is 0 Å². The summed E-state index contributed by atoms with van der Waals surface area (Å²) in [5.41, 5.74) is 2.76. The standard InChI is InChI=1S/C16H25N3/c1-2-19(15-5-3-4-6-15)16-9-10-17-11-13(16)12-18-14-7-8-14/h9-11,14-15,18H,2-8,12H2,1H3. The molecule has 0 aliphatic heterocycles. The largest absolute Gasteiger partial charge is 0.368 e. The van der Waals surface area contributed by atoms with Gasteiger partial charge in [0.05, 0.1) is 0 Å². The molecule has 0 atom stereocenters. The maximum atomic E-state index is 4.32. The summed E-state index contributed by atoms with van der Waals surface area (Å²) in [6.45, 7) is 4.35. The van der Waals surface area contributed by atoms with Crippen LogP contribution in [0.15, 0.2) is 18.5 Å². The number of aromatic nitrogens is 1. The quantitative estimate of drug-likeness (QED) is 0.851. The lowest BCUT2D eigenvalue weighted by atomic mass is 10.1. The Balaban J connectivity index is 1.75. The zero-order chi connectivity index (χ0) is 13.1. The van der Waals surface area contributed by atoms with Gasteiger partial charge >= 0.3 is 0 Å². The van der Waals surface area contributed by atoms with Gasteiger partial charge in [-0.05, 0) is 38.7 Å². The predicted molar refractivity (Wildman–Crippen MR) is 79.4 cm³/mol. The second-order valence-electron chi connectivity index (χ2n) is 5.88. The van der Waals surface area contributed by atoms with Crippen LogP contribution in [0.25, 0.3) is 0 Å². The zero-order valence-electron chi connectivity index (χ0n) is 11.9. The van der Waals surface area contributed by atoms with E-state index < -0.39 is 0 Å². The molecule has 104 valence electrons. The summed E-state index contributed by atoms with van der Waals surface area (Å²) in [4.78, 5) is 6.92. The monoisotopic (exact) mass is 259 g/mol. The van der Waals surface area contributed by atoms with Gasteiger partial charge < -0.3 is 10.2 Å². The minimum atomic E-state index is 0.743. The van der Waals surface area contributed by atoms with Crippen molar-refractivity contribution in [3.63, 3.8) is 0 Å². The molecule has 0 bridgehead atoms. The Morgan fingerprint density at radius 1 is 1.26 bits per heavy atom. The minimum Gasteiger partial charge on any atom is -0.368 e. The molecule has 3 nitrogen and oxygen atoms in total. The molecule has 2 fully saturated rings. The fourth-order valence-corrected chi connectivity index (χ4v) is 3.22. The van der Waals surface area contributed by atoms with Crippen LogP contribution in [0.5, 0.6) is 0 Å². The molecule has 0 unspecified atom stereocenters. The first-order chi connectivity index (χ1) is 9.38. The van der Waals surface area contributed by atoms with Crippen LogP contribution >= 0.6 is 0 Å². The summed E-state index contributed by atoms with van der Waals surface area (Å²) in [5, 5.41) is 3.62. The van der Waals surface area contributed by atoms with Crippen LogP contribution in [0.2, 0.25) is 0 Å². The first kappa shape index (κ1) is 12.9. The van der Waals surface area contributed by atoms with Crippen LogP contribution in [0.4, 0.5) is 5.69 Å². The molecule has 1 aromatic rings. The number of pyridine rings is 1. The van der Waals surface area contributed by atoms with Crippen LogP contribution in [0.1, 0.15) is 51.0 Å². The zero-order valence-corrected chi connectivity index (χ0v) is 11.9. The Morgan fingerprint density at radius 2 is 2.05 bits per heavy atom. The smallest absolute Gasteiger partial charge is 0.0445 e. The van der Waals surface area contributed by atoms with Gasteiger partial charge in [-0.25, -0.2) is 0 Å². The van der Waals surface area contributed by atoms with E-state index in [1.54, 1.807) is 0 Å². The fourth-order valence-electron chi connectivity index (χ4n) is 3.22. The lowest BCUT2D eigenvalue weighted by molar-refractivity contribution is 0.611. The third kappa shape index (κ3) is 3.08. The van der Waals surface area contributed by atoms with Crippen LogP contribution < -0.4 is 10.2 Å². The van der Waals surface area contributed by atoms with Gasteiger partial charge in [0.25, 0.3) is 0 Å². The minimum absolute atomic E-state index is 0.743. The molecule has 3 rings (SSSR count). The molecular formula is C16H25N3. The van der Waals surface area contributed by atoms with Crippen LogP contribution in [-0.2, 0) is 6.54 Å². The maximum absolute atomic E-state index is 4.32.